The van der Waals surface area contributed by atoms with E-state index in [-0.39, 0.29) is 18.3 Å². The maximum Gasteiger partial charge on any atom is 0.268 e. The zero-order valence-electron chi connectivity index (χ0n) is 6.47. The summed E-state index contributed by atoms with van der Waals surface area (Å²) in [4.78, 5) is 11.9. The lowest BCUT2D eigenvalue weighted by Gasteiger charge is -2.10. The molecule has 1 heterocycles. The van der Waals surface area contributed by atoms with E-state index in [1.54, 1.807) is 0 Å². The minimum atomic E-state index is -4.07. The molecule has 0 aromatic heterocycles. The summed E-state index contributed by atoms with van der Waals surface area (Å²) in [5.41, 5.74) is 0. The van der Waals surface area contributed by atoms with E-state index in [4.69, 9.17) is 4.55 Å². The fraction of sp³-hybridized carbons (Fsp3) is 0.600. The average molecular weight is 225 g/mol. The van der Waals surface area contributed by atoms with Gasteiger partial charge >= 0.3 is 0 Å². The second kappa shape index (κ2) is 3.56. The van der Waals surface area contributed by atoms with Gasteiger partial charge in [-0.15, -0.1) is 0 Å². The van der Waals surface area contributed by atoms with E-state index in [0.29, 0.717) is 0 Å². The van der Waals surface area contributed by atoms with Gasteiger partial charge in [0, 0.05) is 6.54 Å². The van der Waals surface area contributed by atoms with Crippen LogP contribution in [0.25, 0.3) is 0 Å². The van der Waals surface area contributed by atoms with Crippen molar-refractivity contribution in [2.24, 2.45) is 0 Å². The van der Waals surface area contributed by atoms with Gasteiger partial charge in [-0.3, -0.25) is 14.2 Å². The lowest BCUT2D eigenvalue weighted by atomic mass is 10.5. The molecule has 1 amide bonds. The van der Waals surface area contributed by atoms with Gasteiger partial charge in [0.15, 0.2) is 6.61 Å². The van der Waals surface area contributed by atoms with Gasteiger partial charge < -0.3 is 4.74 Å². The third kappa shape index (κ3) is 2.90. The van der Waals surface area contributed by atoms with Crippen LogP contribution in [0.15, 0.2) is 0 Å². The SMILES string of the molecule is O=C1COC(=S)N1CCS(=O)(=O)O. The molecule has 1 fully saturated rings. The summed E-state index contributed by atoms with van der Waals surface area (Å²) in [6.07, 6.45) is 0. The van der Waals surface area contributed by atoms with E-state index in [2.05, 4.69) is 17.0 Å². The van der Waals surface area contributed by atoms with E-state index in [1.165, 1.54) is 0 Å². The van der Waals surface area contributed by atoms with Crippen molar-refractivity contribution in [3.63, 3.8) is 0 Å². The first kappa shape index (κ1) is 10.4. The van der Waals surface area contributed by atoms with Crippen molar-refractivity contribution in [2.45, 2.75) is 0 Å². The van der Waals surface area contributed by atoms with Crippen LogP contribution < -0.4 is 0 Å². The van der Waals surface area contributed by atoms with Crippen LogP contribution in [0.4, 0.5) is 0 Å². The van der Waals surface area contributed by atoms with E-state index in [9.17, 15) is 13.2 Å². The van der Waals surface area contributed by atoms with Gasteiger partial charge in [-0.25, -0.2) is 0 Å². The third-order valence-corrected chi connectivity index (χ3v) is 2.45. The number of carbonyl (C=O) groups excluding carboxylic acids is 1. The van der Waals surface area contributed by atoms with Gasteiger partial charge in [0.2, 0.25) is 0 Å². The molecule has 0 aromatic carbocycles. The van der Waals surface area contributed by atoms with Crippen LogP contribution in [0.3, 0.4) is 0 Å². The molecule has 0 aromatic rings. The van der Waals surface area contributed by atoms with Crippen LogP contribution in [0, 0.1) is 0 Å². The van der Waals surface area contributed by atoms with Crippen LogP contribution in [0.1, 0.15) is 0 Å². The second-order valence-electron chi connectivity index (χ2n) is 2.39. The number of hydrogen-bond donors (Lipinski definition) is 1. The number of thiocarbonyl (C=S) groups is 1. The molecule has 0 unspecified atom stereocenters. The minimum Gasteiger partial charge on any atom is -0.460 e. The Morgan fingerprint density at radius 2 is 2.23 bits per heavy atom. The summed E-state index contributed by atoms with van der Waals surface area (Å²) in [6, 6.07) is 0. The highest BCUT2D eigenvalue weighted by Gasteiger charge is 2.28. The summed E-state index contributed by atoms with van der Waals surface area (Å²) in [5, 5.41) is -0.0475. The molecule has 74 valence electrons. The number of hydrogen-bond acceptors (Lipinski definition) is 5. The average Bonchev–Trinajstić information content (AvgIpc) is 2.27. The Bertz CT molecular complexity index is 319. The van der Waals surface area contributed by atoms with Crippen LogP contribution in [-0.2, 0) is 19.6 Å². The normalized spacial score (nSPS) is 17.8. The third-order valence-electron chi connectivity index (χ3n) is 1.41. The van der Waals surface area contributed by atoms with Gasteiger partial charge in [-0.2, -0.15) is 8.42 Å². The van der Waals surface area contributed by atoms with Crippen molar-refractivity contribution in [1.82, 2.24) is 4.90 Å². The Balaban J connectivity index is 2.54. The Hall–Kier alpha value is -0.730. The fourth-order valence-corrected chi connectivity index (χ4v) is 1.47. The molecular weight excluding hydrogens is 218 g/mol. The second-order valence-corrected chi connectivity index (χ2v) is 4.31. The Labute approximate surface area is 80.2 Å². The van der Waals surface area contributed by atoms with Crippen molar-refractivity contribution < 1.29 is 22.5 Å². The lowest BCUT2D eigenvalue weighted by molar-refractivity contribution is -0.125. The van der Waals surface area contributed by atoms with E-state index in [0.717, 1.165) is 4.90 Å². The van der Waals surface area contributed by atoms with Crippen LogP contribution in [0.2, 0.25) is 0 Å². The molecule has 1 saturated heterocycles. The first-order valence-corrected chi connectivity index (χ1v) is 5.34. The first-order chi connectivity index (χ1) is 5.90. The Kier molecular flexibility index (Phi) is 2.84. The van der Waals surface area contributed by atoms with E-state index in [1.807, 2.05) is 0 Å². The Morgan fingerprint density at radius 1 is 1.62 bits per heavy atom. The van der Waals surface area contributed by atoms with Crippen molar-refractivity contribution in [3.05, 3.63) is 0 Å². The largest absolute Gasteiger partial charge is 0.460 e. The molecule has 0 spiro atoms. The number of nitrogens with zero attached hydrogens (tertiary/aromatic N) is 1. The predicted molar refractivity (Wildman–Crippen MR) is 46.7 cm³/mol. The lowest BCUT2D eigenvalue weighted by Crippen LogP contribution is -2.33. The molecule has 0 saturated carbocycles. The number of ether oxygens (including phenoxy) is 1. The van der Waals surface area contributed by atoms with Gasteiger partial charge in [0.1, 0.15) is 0 Å². The van der Waals surface area contributed by atoms with Crippen LogP contribution >= 0.6 is 12.2 Å². The maximum atomic E-state index is 10.9. The highest BCUT2D eigenvalue weighted by Crippen LogP contribution is 2.05. The van der Waals surface area contributed by atoms with Crippen LogP contribution in [0.5, 0.6) is 0 Å². The van der Waals surface area contributed by atoms with Crippen molar-refractivity contribution >= 4 is 33.4 Å². The van der Waals surface area contributed by atoms with Crippen LogP contribution in [-0.4, -0.2) is 47.9 Å². The molecule has 0 atom stereocenters. The number of rotatable bonds is 3. The van der Waals surface area contributed by atoms with Crippen molar-refractivity contribution in [2.75, 3.05) is 18.9 Å². The van der Waals surface area contributed by atoms with Gasteiger partial charge in [-0.1, -0.05) is 0 Å². The van der Waals surface area contributed by atoms with Crippen molar-refractivity contribution in [3.8, 4) is 0 Å². The van der Waals surface area contributed by atoms with Gasteiger partial charge in [0.25, 0.3) is 21.2 Å². The molecule has 1 aliphatic heterocycles. The molecular formula is C5H7NO5S2. The standard InChI is InChI=1S/C5H7NO5S2/c7-4-3-11-5(12)6(4)1-2-13(8,9)10/h1-3H2,(H,8,9,10). The molecule has 1 aliphatic rings. The summed E-state index contributed by atoms with van der Waals surface area (Å²) in [5.74, 6) is -0.934. The van der Waals surface area contributed by atoms with Crippen molar-refractivity contribution in [1.29, 1.82) is 0 Å². The molecule has 1 N–H and O–H groups in total. The van der Waals surface area contributed by atoms with E-state index >= 15 is 0 Å². The molecule has 1 rings (SSSR count). The van der Waals surface area contributed by atoms with Gasteiger partial charge in [0.05, 0.1) is 5.75 Å². The molecule has 6 nitrogen and oxygen atoms in total. The fourth-order valence-electron chi connectivity index (χ4n) is 0.804. The summed E-state index contributed by atoms with van der Waals surface area (Å²) in [7, 11) is -4.07. The predicted octanol–water partition coefficient (Wildman–Crippen LogP) is -0.982. The summed E-state index contributed by atoms with van der Waals surface area (Å²) in [6.45, 7) is -0.333. The summed E-state index contributed by atoms with van der Waals surface area (Å²) < 4.78 is 33.7. The maximum absolute atomic E-state index is 10.9. The highest BCUT2D eigenvalue weighted by molar-refractivity contribution is 7.85. The number of carbonyl (C=O) groups is 1. The van der Waals surface area contributed by atoms with Gasteiger partial charge in [-0.05, 0) is 12.2 Å². The molecule has 8 heteroatoms. The first-order valence-electron chi connectivity index (χ1n) is 3.32. The topological polar surface area (TPSA) is 83.9 Å². The quantitative estimate of drug-likeness (QED) is 0.491. The highest BCUT2D eigenvalue weighted by atomic mass is 32.2. The van der Waals surface area contributed by atoms with E-state index < -0.39 is 21.8 Å². The number of amides is 1. The molecule has 13 heavy (non-hydrogen) atoms. The molecule has 0 bridgehead atoms. The Morgan fingerprint density at radius 3 is 2.62 bits per heavy atom. The monoisotopic (exact) mass is 225 g/mol. The summed E-state index contributed by atoms with van der Waals surface area (Å²) >= 11 is 4.61. The molecule has 0 radical (unpaired) electrons. The smallest absolute Gasteiger partial charge is 0.268 e. The zero-order valence-corrected chi connectivity index (χ0v) is 8.10. The molecule has 0 aliphatic carbocycles. The minimum absolute atomic E-state index is 0.0475. The zero-order chi connectivity index (χ0) is 10.1.